The highest BCUT2D eigenvalue weighted by Crippen LogP contribution is 2.18. The standard InChI is InChI=1S/C10H12FN/c1-7-5-8-3-2-4-10(11)9(8)6-12-7/h2-4,7,12H,5-6H2,1H3. The molecule has 1 N–H and O–H groups in total. The Kier molecular flexibility index (Phi) is 1.85. The molecular formula is C10H12FN. The van der Waals surface area contributed by atoms with E-state index in [1.54, 1.807) is 6.07 Å². The van der Waals surface area contributed by atoms with Gasteiger partial charge >= 0.3 is 0 Å². The minimum atomic E-state index is -0.0769. The molecule has 0 amide bonds. The van der Waals surface area contributed by atoms with Crippen molar-refractivity contribution in [3.05, 3.63) is 35.1 Å². The molecule has 0 saturated carbocycles. The van der Waals surface area contributed by atoms with E-state index in [0.29, 0.717) is 12.6 Å². The van der Waals surface area contributed by atoms with Gasteiger partial charge in [-0.2, -0.15) is 0 Å². The van der Waals surface area contributed by atoms with Gasteiger partial charge in [-0.15, -0.1) is 0 Å². The maximum atomic E-state index is 13.2. The van der Waals surface area contributed by atoms with Gasteiger partial charge in [0.15, 0.2) is 0 Å². The number of halogens is 1. The molecule has 0 aromatic heterocycles. The smallest absolute Gasteiger partial charge is 0.127 e. The van der Waals surface area contributed by atoms with Gasteiger partial charge in [-0.25, -0.2) is 4.39 Å². The van der Waals surface area contributed by atoms with Gasteiger partial charge < -0.3 is 5.32 Å². The molecule has 0 bridgehead atoms. The van der Waals surface area contributed by atoms with Crippen LogP contribution in [0, 0.1) is 5.82 Å². The first-order chi connectivity index (χ1) is 5.77. The fourth-order valence-corrected chi connectivity index (χ4v) is 1.67. The molecule has 1 unspecified atom stereocenters. The molecular weight excluding hydrogens is 153 g/mol. The molecule has 2 heteroatoms. The molecule has 1 aromatic rings. The van der Waals surface area contributed by atoms with E-state index in [1.807, 2.05) is 6.07 Å². The Hall–Kier alpha value is -0.890. The van der Waals surface area contributed by atoms with Crippen molar-refractivity contribution in [2.24, 2.45) is 0 Å². The van der Waals surface area contributed by atoms with E-state index in [9.17, 15) is 4.39 Å². The summed E-state index contributed by atoms with van der Waals surface area (Å²) in [4.78, 5) is 0. The second-order valence-electron chi connectivity index (χ2n) is 3.36. The molecule has 2 rings (SSSR count). The van der Waals surface area contributed by atoms with Crippen molar-refractivity contribution in [1.82, 2.24) is 5.32 Å². The van der Waals surface area contributed by atoms with Gasteiger partial charge in [0.05, 0.1) is 0 Å². The van der Waals surface area contributed by atoms with E-state index >= 15 is 0 Å². The Balaban J connectivity index is 2.42. The molecule has 0 aliphatic carbocycles. The number of benzene rings is 1. The summed E-state index contributed by atoms with van der Waals surface area (Å²) in [5.74, 6) is -0.0769. The molecule has 1 heterocycles. The topological polar surface area (TPSA) is 12.0 Å². The third-order valence-electron chi connectivity index (χ3n) is 2.37. The molecule has 1 aliphatic heterocycles. The number of nitrogens with one attached hydrogen (secondary N) is 1. The zero-order valence-electron chi connectivity index (χ0n) is 7.10. The van der Waals surface area contributed by atoms with Gasteiger partial charge in [0, 0.05) is 18.2 Å². The average Bonchev–Trinajstić information content (AvgIpc) is 2.04. The molecule has 1 nitrogen and oxygen atoms in total. The highest BCUT2D eigenvalue weighted by atomic mass is 19.1. The Morgan fingerprint density at radius 1 is 1.50 bits per heavy atom. The van der Waals surface area contributed by atoms with Crippen molar-refractivity contribution in [2.45, 2.75) is 25.9 Å². The van der Waals surface area contributed by atoms with Crippen LogP contribution in [0.3, 0.4) is 0 Å². The van der Waals surface area contributed by atoms with Crippen LogP contribution < -0.4 is 5.32 Å². The Bertz CT molecular complexity index is 296. The normalized spacial score (nSPS) is 22.0. The summed E-state index contributed by atoms with van der Waals surface area (Å²) in [6, 6.07) is 5.79. The van der Waals surface area contributed by atoms with Crippen molar-refractivity contribution >= 4 is 0 Å². The second-order valence-corrected chi connectivity index (χ2v) is 3.36. The summed E-state index contributed by atoms with van der Waals surface area (Å²) < 4.78 is 13.2. The van der Waals surface area contributed by atoms with Crippen molar-refractivity contribution in [1.29, 1.82) is 0 Å². The summed E-state index contributed by atoms with van der Waals surface area (Å²) in [6.45, 7) is 2.79. The quantitative estimate of drug-likeness (QED) is 0.618. The molecule has 0 saturated heterocycles. The van der Waals surface area contributed by atoms with E-state index in [2.05, 4.69) is 12.2 Å². The number of hydrogen-bond acceptors (Lipinski definition) is 1. The summed E-state index contributed by atoms with van der Waals surface area (Å²) >= 11 is 0. The third-order valence-corrected chi connectivity index (χ3v) is 2.37. The van der Waals surface area contributed by atoms with E-state index in [4.69, 9.17) is 0 Å². The van der Waals surface area contributed by atoms with Gasteiger partial charge in [0.2, 0.25) is 0 Å². The maximum Gasteiger partial charge on any atom is 0.127 e. The summed E-state index contributed by atoms with van der Waals surface area (Å²) in [5, 5.41) is 3.24. The fourth-order valence-electron chi connectivity index (χ4n) is 1.67. The Morgan fingerprint density at radius 2 is 2.33 bits per heavy atom. The minimum absolute atomic E-state index is 0.0769. The first-order valence-corrected chi connectivity index (χ1v) is 4.27. The predicted octanol–water partition coefficient (Wildman–Crippen LogP) is 1.86. The molecule has 64 valence electrons. The van der Waals surface area contributed by atoms with E-state index in [0.717, 1.165) is 17.5 Å². The van der Waals surface area contributed by atoms with Crippen LogP contribution in [-0.4, -0.2) is 6.04 Å². The van der Waals surface area contributed by atoms with Crippen LogP contribution in [0.15, 0.2) is 18.2 Å². The lowest BCUT2D eigenvalue weighted by molar-refractivity contribution is 0.489. The SMILES string of the molecule is CC1Cc2cccc(F)c2CN1. The van der Waals surface area contributed by atoms with Gasteiger partial charge in [-0.1, -0.05) is 12.1 Å². The highest BCUT2D eigenvalue weighted by molar-refractivity contribution is 5.31. The van der Waals surface area contributed by atoms with E-state index in [1.165, 1.54) is 6.07 Å². The number of hydrogen-bond donors (Lipinski definition) is 1. The van der Waals surface area contributed by atoms with Crippen molar-refractivity contribution in [3.8, 4) is 0 Å². The largest absolute Gasteiger partial charge is 0.310 e. The molecule has 1 atom stereocenters. The molecule has 1 aliphatic rings. The molecule has 1 aromatic carbocycles. The van der Waals surface area contributed by atoms with Crippen LogP contribution in [0.25, 0.3) is 0 Å². The van der Waals surface area contributed by atoms with E-state index in [-0.39, 0.29) is 5.82 Å². The predicted molar refractivity (Wildman–Crippen MR) is 46.4 cm³/mol. The molecule has 0 fully saturated rings. The molecule has 0 spiro atoms. The summed E-state index contributed by atoms with van der Waals surface area (Å²) in [5.41, 5.74) is 2.00. The van der Waals surface area contributed by atoms with Crippen LogP contribution in [0.1, 0.15) is 18.1 Å². The third kappa shape index (κ3) is 1.23. The van der Waals surface area contributed by atoms with Crippen LogP contribution >= 0.6 is 0 Å². The second kappa shape index (κ2) is 2.87. The average molecular weight is 165 g/mol. The lowest BCUT2D eigenvalue weighted by Gasteiger charge is -2.23. The Labute approximate surface area is 71.6 Å². The molecule has 0 radical (unpaired) electrons. The van der Waals surface area contributed by atoms with Crippen LogP contribution in [0.4, 0.5) is 4.39 Å². The lowest BCUT2D eigenvalue weighted by Crippen LogP contribution is -2.33. The number of rotatable bonds is 0. The van der Waals surface area contributed by atoms with Gasteiger partial charge in [-0.05, 0) is 25.0 Å². The van der Waals surface area contributed by atoms with Crippen LogP contribution in [0.5, 0.6) is 0 Å². The van der Waals surface area contributed by atoms with Crippen molar-refractivity contribution in [2.75, 3.05) is 0 Å². The lowest BCUT2D eigenvalue weighted by atomic mass is 9.96. The van der Waals surface area contributed by atoms with Crippen LogP contribution in [0.2, 0.25) is 0 Å². The molecule has 12 heavy (non-hydrogen) atoms. The van der Waals surface area contributed by atoms with Gasteiger partial charge in [-0.3, -0.25) is 0 Å². The van der Waals surface area contributed by atoms with E-state index < -0.39 is 0 Å². The van der Waals surface area contributed by atoms with Gasteiger partial charge in [0.25, 0.3) is 0 Å². The zero-order chi connectivity index (χ0) is 8.55. The fraction of sp³-hybridized carbons (Fsp3) is 0.400. The summed E-state index contributed by atoms with van der Waals surface area (Å²) in [6.07, 6.45) is 0.938. The summed E-state index contributed by atoms with van der Waals surface area (Å²) in [7, 11) is 0. The first kappa shape index (κ1) is 7.74. The number of fused-ring (bicyclic) bond motifs is 1. The van der Waals surface area contributed by atoms with Gasteiger partial charge in [0.1, 0.15) is 5.82 Å². The van der Waals surface area contributed by atoms with Crippen molar-refractivity contribution in [3.63, 3.8) is 0 Å². The van der Waals surface area contributed by atoms with Crippen LogP contribution in [-0.2, 0) is 13.0 Å². The maximum absolute atomic E-state index is 13.2. The highest BCUT2D eigenvalue weighted by Gasteiger charge is 2.16. The zero-order valence-corrected chi connectivity index (χ0v) is 7.10. The first-order valence-electron chi connectivity index (χ1n) is 4.27. The van der Waals surface area contributed by atoms with Crippen molar-refractivity contribution < 1.29 is 4.39 Å². The monoisotopic (exact) mass is 165 g/mol. The minimum Gasteiger partial charge on any atom is -0.310 e. The Morgan fingerprint density at radius 3 is 3.17 bits per heavy atom.